The van der Waals surface area contributed by atoms with E-state index < -0.39 is 0 Å². The lowest BCUT2D eigenvalue weighted by atomic mass is 9.94. The van der Waals surface area contributed by atoms with Crippen LogP contribution in [-0.2, 0) is 12.8 Å². The van der Waals surface area contributed by atoms with Crippen molar-refractivity contribution in [3.05, 3.63) is 21.4 Å². The molecule has 0 unspecified atom stereocenters. The lowest BCUT2D eigenvalue weighted by molar-refractivity contribution is 0.0912. The zero-order chi connectivity index (χ0) is 13.1. The number of ketones is 1. The number of carbonyl (C=O) groups excluding carboxylic acids is 1. The predicted molar refractivity (Wildman–Crippen MR) is 81.1 cm³/mol. The van der Waals surface area contributed by atoms with Gasteiger partial charge in [0.05, 0.1) is 4.88 Å². The molecule has 1 saturated carbocycles. The molecular formula is C17H24OS. The van der Waals surface area contributed by atoms with Crippen LogP contribution in [0.4, 0.5) is 0 Å². The molecule has 0 atom stereocenters. The molecule has 2 heteroatoms. The second-order valence-corrected chi connectivity index (χ2v) is 7.31. The number of aryl methyl sites for hydroxylation is 2. The fourth-order valence-corrected chi connectivity index (χ4v) is 4.80. The van der Waals surface area contributed by atoms with Crippen LogP contribution in [0.25, 0.3) is 0 Å². The average molecular weight is 276 g/mol. The van der Waals surface area contributed by atoms with E-state index in [1.807, 2.05) is 11.3 Å². The van der Waals surface area contributed by atoms with Crippen molar-refractivity contribution in [3.8, 4) is 0 Å². The molecule has 1 nitrogen and oxygen atoms in total. The van der Waals surface area contributed by atoms with E-state index in [9.17, 15) is 4.79 Å². The molecule has 0 aromatic carbocycles. The first-order valence-corrected chi connectivity index (χ1v) is 8.82. The van der Waals surface area contributed by atoms with Crippen molar-refractivity contribution in [2.75, 3.05) is 0 Å². The highest BCUT2D eigenvalue weighted by Gasteiger charge is 2.24. The maximum atomic E-state index is 12.7. The van der Waals surface area contributed by atoms with Crippen LogP contribution in [0, 0.1) is 5.92 Å². The van der Waals surface area contributed by atoms with E-state index in [0.29, 0.717) is 11.7 Å². The quantitative estimate of drug-likeness (QED) is 0.414. The van der Waals surface area contributed by atoms with Gasteiger partial charge in [-0.15, -0.1) is 11.3 Å². The molecule has 0 spiro atoms. The van der Waals surface area contributed by atoms with Crippen molar-refractivity contribution in [1.29, 1.82) is 0 Å². The van der Waals surface area contributed by atoms with Gasteiger partial charge in [0.15, 0.2) is 5.78 Å². The number of thiophene rings is 1. The number of carbonyl (C=O) groups is 1. The zero-order valence-electron chi connectivity index (χ0n) is 11.7. The van der Waals surface area contributed by atoms with Crippen LogP contribution < -0.4 is 0 Å². The van der Waals surface area contributed by atoms with Gasteiger partial charge in [-0.1, -0.05) is 32.1 Å². The van der Waals surface area contributed by atoms with Crippen LogP contribution >= 0.6 is 11.3 Å². The first-order valence-electron chi connectivity index (χ1n) is 8.00. The summed E-state index contributed by atoms with van der Waals surface area (Å²) in [4.78, 5) is 15.2. The Kier molecular flexibility index (Phi) is 4.37. The third-order valence-corrected chi connectivity index (χ3v) is 5.97. The first kappa shape index (κ1) is 13.4. The molecule has 0 radical (unpaired) electrons. The van der Waals surface area contributed by atoms with Gasteiger partial charge in [0, 0.05) is 10.8 Å². The Hall–Kier alpha value is -0.630. The Morgan fingerprint density at radius 1 is 0.947 bits per heavy atom. The van der Waals surface area contributed by atoms with Gasteiger partial charge in [-0.05, 0) is 50.2 Å². The third kappa shape index (κ3) is 3.10. The van der Waals surface area contributed by atoms with E-state index in [-0.39, 0.29) is 0 Å². The van der Waals surface area contributed by atoms with E-state index in [4.69, 9.17) is 0 Å². The Bertz CT molecular complexity index is 415. The molecular weight excluding hydrogens is 252 g/mol. The Labute approximate surface area is 120 Å². The predicted octanol–water partition coefficient (Wildman–Crippen LogP) is 5.17. The molecule has 0 bridgehead atoms. The van der Waals surface area contributed by atoms with E-state index in [1.165, 1.54) is 68.2 Å². The van der Waals surface area contributed by atoms with Gasteiger partial charge in [0.1, 0.15) is 0 Å². The zero-order valence-corrected chi connectivity index (χ0v) is 12.6. The first-order chi connectivity index (χ1) is 9.34. The second-order valence-electron chi connectivity index (χ2n) is 6.17. The minimum absolute atomic E-state index is 0.324. The van der Waals surface area contributed by atoms with Gasteiger partial charge in [-0.2, -0.15) is 0 Å². The van der Waals surface area contributed by atoms with Crippen LogP contribution in [0.1, 0.15) is 77.9 Å². The van der Waals surface area contributed by atoms with Gasteiger partial charge in [-0.3, -0.25) is 4.79 Å². The summed E-state index contributed by atoms with van der Waals surface area (Å²) in [6.07, 6.45) is 13.8. The van der Waals surface area contributed by atoms with E-state index in [1.54, 1.807) is 0 Å². The minimum atomic E-state index is 0.324. The van der Waals surface area contributed by atoms with E-state index in [2.05, 4.69) is 6.07 Å². The fraction of sp³-hybridized carbons (Fsp3) is 0.706. The van der Waals surface area contributed by atoms with Crippen molar-refractivity contribution in [3.63, 3.8) is 0 Å². The average Bonchev–Trinajstić information content (AvgIpc) is 2.65. The van der Waals surface area contributed by atoms with Crippen molar-refractivity contribution < 1.29 is 4.79 Å². The molecule has 104 valence electrons. The topological polar surface area (TPSA) is 17.1 Å². The van der Waals surface area contributed by atoms with E-state index in [0.717, 1.165) is 17.7 Å². The molecule has 1 aromatic rings. The smallest absolute Gasteiger partial charge is 0.175 e. The number of rotatable bonds is 2. The van der Waals surface area contributed by atoms with Crippen molar-refractivity contribution >= 4 is 17.1 Å². The van der Waals surface area contributed by atoms with Crippen LogP contribution in [0.15, 0.2) is 6.07 Å². The molecule has 1 aromatic heterocycles. The molecule has 0 saturated heterocycles. The van der Waals surface area contributed by atoms with E-state index >= 15 is 0 Å². The molecule has 2 aliphatic carbocycles. The molecule has 0 aliphatic heterocycles. The number of Topliss-reactive ketones (excluding diaryl/α,β-unsaturated/α-hetero) is 1. The SMILES string of the molecule is O=C(c1cc2c(s1)CCCCC2)C1CCCCCC1. The van der Waals surface area contributed by atoms with Crippen LogP contribution in [0.2, 0.25) is 0 Å². The Morgan fingerprint density at radius 2 is 1.63 bits per heavy atom. The van der Waals surface area contributed by atoms with Crippen LogP contribution in [-0.4, -0.2) is 5.78 Å². The fourth-order valence-electron chi connectivity index (χ4n) is 3.53. The summed E-state index contributed by atoms with van der Waals surface area (Å²) in [7, 11) is 0. The maximum Gasteiger partial charge on any atom is 0.175 e. The number of hydrogen-bond acceptors (Lipinski definition) is 2. The van der Waals surface area contributed by atoms with Gasteiger partial charge in [-0.25, -0.2) is 0 Å². The summed E-state index contributed by atoms with van der Waals surface area (Å²) < 4.78 is 0. The maximum absolute atomic E-state index is 12.7. The van der Waals surface area contributed by atoms with Crippen molar-refractivity contribution in [2.45, 2.75) is 70.6 Å². The van der Waals surface area contributed by atoms with Gasteiger partial charge in [0.2, 0.25) is 0 Å². The normalized spacial score (nSPS) is 21.5. The number of hydrogen-bond donors (Lipinski definition) is 0. The minimum Gasteiger partial charge on any atom is -0.293 e. The summed E-state index contributed by atoms with van der Waals surface area (Å²) in [5.41, 5.74) is 1.49. The van der Waals surface area contributed by atoms with Crippen molar-refractivity contribution in [1.82, 2.24) is 0 Å². The summed E-state index contributed by atoms with van der Waals surface area (Å²) in [5, 5.41) is 0. The van der Waals surface area contributed by atoms with Gasteiger partial charge >= 0.3 is 0 Å². The summed E-state index contributed by atoms with van der Waals surface area (Å²) in [5.74, 6) is 0.782. The largest absolute Gasteiger partial charge is 0.293 e. The molecule has 1 fully saturated rings. The van der Waals surface area contributed by atoms with Gasteiger partial charge in [0.25, 0.3) is 0 Å². The third-order valence-electron chi connectivity index (χ3n) is 4.72. The standard InChI is InChI=1S/C17H24OS/c18-17(13-8-4-1-2-5-9-13)16-12-14-10-6-3-7-11-15(14)19-16/h12-13H,1-11H2. The molecule has 3 rings (SSSR count). The van der Waals surface area contributed by atoms with Gasteiger partial charge < -0.3 is 0 Å². The second kappa shape index (κ2) is 6.21. The molecule has 0 amide bonds. The molecule has 19 heavy (non-hydrogen) atoms. The summed E-state index contributed by atoms with van der Waals surface area (Å²) in [6, 6.07) is 2.23. The molecule has 0 N–H and O–H groups in total. The summed E-state index contributed by atoms with van der Waals surface area (Å²) in [6.45, 7) is 0. The van der Waals surface area contributed by atoms with Crippen LogP contribution in [0.5, 0.6) is 0 Å². The number of fused-ring (bicyclic) bond motifs is 1. The van der Waals surface area contributed by atoms with Crippen LogP contribution in [0.3, 0.4) is 0 Å². The Balaban J connectivity index is 1.75. The monoisotopic (exact) mass is 276 g/mol. The molecule has 2 aliphatic rings. The summed E-state index contributed by atoms with van der Waals surface area (Å²) >= 11 is 1.81. The highest BCUT2D eigenvalue weighted by atomic mass is 32.1. The highest BCUT2D eigenvalue weighted by Crippen LogP contribution is 2.33. The Morgan fingerprint density at radius 3 is 2.42 bits per heavy atom. The molecule has 1 heterocycles. The van der Waals surface area contributed by atoms with Crippen molar-refractivity contribution in [2.24, 2.45) is 5.92 Å². The lowest BCUT2D eigenvalue weighted by Gasteiger charge is -2.10. The lowest BCUT2D eigenvalue weighted by Crippen LogP contribution is -2.12. The highest BCUT2D eigenvalue weighted by molar-refractivity contribution is 7.14.